The van der Waals surface area contributed by atoms with E-state index in [1.54, 1.807) is 6.92 Å². The van der Waals surface area contributed by atoms with Crippen molar-refractivity contribution in [2.45, 2.75) is 45.4 Å². The molecule has 2 unspecified atom stereocenters. The normalized spacial score (nSPS) is 15.0. The number of hydrogen-bond acceptors (Lipinski definition) is 3. The standard InChI is InChI=1S/C12H24O3Si/c1-6-11(8-14-7-2)16-10(5)15-12(13)9(3)4/h10-11H,3,6-8,16H2,1-2,4-5H3. The van der Waals surface area contributed by atoms with Gasteiger partial charge in [0.25, 0.3) is 0 Å². The van der Waals surface area contributed by atoms with Crippen molar-refractivity contribution in [3.05, 3.63) is 12.2 Å². The van der Waals surface area contributed by atoms with E-state index in [9.17, 15) is 4.79 Å². The minimum atomic E-state index is -0.455. The van der Waals surface area contributed by atoms with Crippen molar-refractivity contribution in [1.82, 2.24) is 0 Å². The Morgan fingerprint density at radius 1 is 1.44 bits per heavy atom. The molecule has 0 saturated heterocycles. The fourth-order valence-corrected chi connectivity index (χ4v) is 3.26. The summed E-state index contributed by atoms with van der Waals surface area (Å²) in [4.78, 5) is 11.3. The van der Waals surface area contributed by atoms with Crippen LogP contribution in [0.25, 0.3) is 0 Å². The van der Waals surface area contributed by atoms with Gasteiger partial charge < -0.3 is 9.47 Å². The van der Waals surface area contributed by atoms with E-state index in [4.69, 9.17) is 9.47 Å². The summed E-state index contributed by atoms with van der Waals surface area (Å²) in [6.45, 7) is 12.9. The van der Waals surface area contributed by atoms with Gasteiger partial charge in [-0.2, -0.15) is 0 Å². The van der Waals surface area contributed by atoms with Crippen LogP contribution in [0.1, 0.15) is 34.1 Å². The van der Waals surface area contributed by atoms with E-state index >= 15 is 0 Å². The average molecular weight is 244 g/mol. The van der Waals surface area contributed by atoms with Gasteiger partial charge in [-0.1, -0.05) is 19.9 Å². The molecule has 0 saturated carbocycles. The molecule has 0 fully saturated rings. The number of ether oxygens (including phenoxy) is 2. The molecule has 4 heteroatoms. The zero-order chi connectivity index (χ0) is 12.6. The smallest absolute Gasteiger partial charge is 0.333 e. The van der Waals surface area contributed by atoms with Gasteiger partial charge in [0, 0.05) is 18.8 Å². The SMILES string of the molecule is C=C(C)C(=O)OC(C)[SiH2]C(CC)COCC. The van der Waals surface area contributed by atoms with Gasteiger partial charge in [-0.05, 0) is 26.3 Å². The van der Waals surface area contributed by atoms with Gasteiger partial charge in [0.15, 0.2) is 0 Å². The molecular weight excluding hydrogens is 220 g/mol. The average Bonchev–Trinajstić information content (AvgIpc) is 2.23. The second-order valence-electron chi connectivity index (χ2n) is 4.17. The topological polar surface area (TPSA) is 35.5 Å². The van der Waals surface area contributed by atoms with Gasteiger partial charge in [-0.15, -0.1) is 0 Å². The molecular formula is C12H24O3Si. The third-order valence-corrected chi connectivity index (χ3v) is 4.77. The highest BCUT2D eigenvalue weighted by atomic mass is 28.2. The molecule has 0 aliphatic rings. The number of hydrogen-bond donors (Lipinski definition) is 0. The van der Waals surface area contributed by atoms with Crippen LogP contribution >= 0.6 is 0 Å². The molecule has 0 bridgehead atoms. The van der Waals surface area contributed by atoms with Crippen LogP contribution in [0.15, 0.2) is 12.2 Å². The fourth-order valence-electron chi connectivity index (χ4n) is 1.44. The van der Waals surface area contributed by atoms with E-state index in [0.717, 1.165) is 19.6 Å². The summed E-state index contributed by atoms with van der Waals surface area (Å²) in [7, 11) is -0.455. The number of rotatable bonds is 8. The molecule has 0 N–H and O–H groups in total. The van der Waals surface area contributed by atoms with Crippen LogP contribution in [0.2, 0.25) is 5.54 Å². The first-order valence-corrected chi connectivity index (χ1v) is 7.58. The molecule has 0 amide bonds. The first-order valence-electron chi connectivity index (χ1n) is 5.95. The lowest BCUT2D eigenvalue weighted by molar-refractivity contribution is -0.140. The summed E-state index contributed by atoms with van der Waals surface area (Å²) < 4.78 is 10.7. The maximum atomic E-state index is 11.3. The van der Waals surface area contributed by atoms with Crippen molar-refractivity contribution >= 4 is 15.5 Å². The Hall–Kier alpha value is -0.613. The van der Waals surface area contributed by atoms with E-state index < -0.39 is 9.52 Å². The predicted molar refractivity (Wildman–Crippen MR) is 69.4 cm³/mol. The molecule has 0 heterocycles. The van der Waals surface area contributed by atoms with Gasteiger partial charge in [-0.3, -0.25) is 0 Å². The zero-order valence-corrected chi connectivity index (χ0v) is 12.3. The first kappa shape index (κ1) is 15.4. The summed E-state index contributed by atoms with van der Waals surface area (Å²) in [6.07, 6.45) is 1.10. The van der Waals surface area contributed by atoms with Crippen molar-refractivity contribution in [2.24, 2.45) is 0 Å². The highest BCUT2D eigenvalue weighted by Crippen LogP contribution is 2.12. The third-order valence-electron chi connectivity index (χ3n) is 2.46. The maximum absolute atomic E-state index is 11.3. The summed E-state index contributed by atoms with van der Waals surface area (Å²) in [5.41, 5.74) is 1.13. The molecule has 16 heavy (non-hydrogen) atoms. The van der Waals surface area contributed by atoms with E-state index in [1.165, 1.54) is 0 Å². The van der Waals surface area contributed by atoms with Crippen molar-refractivity contribution in [3.63, 3.8) is 0 Å². The molecule has 0 aromatic heterocycles. The van der Waals surface area contributed by atoms with Crippen LogP contribution < -0.4 is 0 Å². The molecule has 0 aliphatic heterocycles. The maximum Gasteiger partial charge on any atom is 0.333 e. The lowest BCUT2D eigenvalue weighted by Crippen LogP contribution is -2.26. The monoisotopic (exact) mass is 244 g/mol. The highest BCUT2D eigenvalue weighted by Gasteiger charge is 2.16. The van der Waals surface area contributed by atoms with E-state index in [-0.39, 0.29) is 11.7 Å². The molecule has 0 aromatic carbocycles. The molecule has 2 atom stereocenters. The Balaban J connectivity index is 3.95. The van der Waals surface area contributed by atoms with Gasteiger partial charge in [0.2, 0.25) is 0 Å². The lowest BCUT2D eigenvalue weighted by atomic mass is 10.3. The first-order chi connectivity index (χ1) is 7.51. The Morgan fingerprint density at radius 2 is 2.06 bits per heavy atom. The number of carbonyl (C=O) groups excluding carboxylic acids is 1. The van der Waals surface area contributed by atoms with Gasteiger partial charge in [0.05, 0.1) is 15.2 Å². The molecule has 3 nitrogen and oxygen atoms in total. The zero-order valence-electron chi connectivity index (χ0n) is 10.9. The van der Waals surface area contributed by atoms with Crippen molar-refractivity contribution in [2.75, 3.05) is 13.2 Å². The second kappa shape index (κ2) is 8.53. The van der Waals surface area contributed by atoms with Crippen LogP contribution in [0.4, 0.5) is 0 Å². The summed E-state index contributed by atoms with van der Waals surface area (Å²) >= 11 is 0. The van der Waals surface area contributed by atoms with Crippen LogP contribution in [0, 0.1) is 0 Å². The third kappa shape index (κ3) is 6.79. The number of carbonyl (C=O) groups is 1. The summed E-state index contributed by atoms with van der Waals surface area (Å²) in [5.74, 6) is -0.272. The lowest BCUT2D eigenvalue weighted by Gasteiger charge is -2.19. The van der Waals surface area contributed by atoms with E-state index in [2.05, 4.69) is 13.5 Å². The highest BCUT2D eigenvalue weighted by molar-refractivity contribution is 6.39. The van der Waals surface area contributed by atoms with Crippen LogP contribution in [-0.2, 0) is 14.3 Å². The van der Waals surface area contributed by atoms with Gasteiger partial charge in [0.1, 0.15) is 0 Å². The van der Waals surface area contributed by atoms with E-state index in [1.807, 2.05) is 13.8 Å². The van der Waals surface area contributed by atoms with Crippen LogP contribution in [0.3, 0.4) is 0 Å². The predicted octanol–water partition coefficient (Wildman–Crippen LogP) is 1.86. The molecule has 0 rings (SSSR count). The minimum absolute atomic E-state index is 0.0645. The van der Waals surface area contributed by atoms with Crippen molar-refractivity contribution in [3.8, 4) is 0 Å². The largest absolute Gasteiger partial charge is 0.464 e. The second-order valence-corrected chi connectivity index (χ2v) is 6.94. The Morgan fingerprint density at radius 3 is 2.50 bits per heavy atom. The molecule has 94 valence electrons. The fraction of sp³-hybridized carbons (Fsp3) is 0.750. The minimum Gasteiger partial charge on any atom is -0.464 e. The quantitative estimate of drug-likeness (QED) is 0.371. The Kier molecular flexibility index (Phi) is 8.20. The van der Waals surface area contributed by atoms with Gasteiger partial charge >= 0.3 is 5.97 Å². The van der Waals surface area contributed by atoms with Crippen LogP contribution in [-0.4, -0.2) is 34.4 Å². The van der Waals surface area contributed by atoms with Crippen molar-refractivity contribution in [1.29, 1.82) is 0 Å². The van der Waals surface area contributed by atoms with E-state index in [0.29, 0.717) is 11.1 Å². The van der Waals surface area contributed by atoms with Crippen molar-refractivity contribution < 1.29 is 14.3 Å². The summed E-state index contributed by atoms with van der Waals surface area (Å²) in [6, 6.07) is 0. The van der Waals surface area contributed by atoms with Gasteiger partial charge in [-0.25, -0.2) is 4.79 Å². The molecule has 0 aromatic rings. The Bertz CT molecular complexity index is 228. The summed E-state index contributed by atoms with van der Waals surface area (Å²) in [5, 5.41) is 0. The molecule has 0 spiro atoms. The number of esters is 1. The Labute approximate surface area is 101 Å². The van der Waals surface area contributed by atoms with Crippen LogP contribution in [0.5, 0.6) is 0 Å². The molecule has 0 radical (unpaired) electrons. The molecule has 0 aliphatic carbocycles.